The van der Waals surface area contributed by atoms with E-state index in [9.17, 15) is 13.2 Å². The zero-order valence-corrected chi connectivity index (χ0v) is 25.1. The van der Waals surface area contributed by atoms with Gasteiger partial charge in [0.2, 0.25) is 0 Å². The molecule has 13 heteroatoms. The Labute approximate surface area is 240 Å². The molecule has 0 bridgehead atoms. The van der Waals surface area contributed by atoms with Crippen LogP contribution in [0.15, 0.2) is 53.7 Å². The van der Waals surface area contributed by atoms with E-state index in [1.807, 2.05) is 14.1 Å². The fourth-order valence-corrected chi connectivity index (χ4v) is 6.23. The number of likely N-dealkylation sites (N-methyl/N-ethyl adjacent to an activating group) is 1. The average molecular weight is 594 g/mol. The van der Waals surface area contributed by atoms with E-state index in [1.54, 1.807) is 49.3 Å². The van der Waals surface area contributed by atoms with E-state index in [4.69, 9.17) is 21.1 Å². The van der Waals surface area contributed by atoms with Gasteiger partial charge in [0.15, 0.2) is 16.9 Å². The summed E-state index contributed by atoms with van der Waals surface area (Å²) >= 11 is 11.1. The van der Waals surface area contributed by atoms with Crippen molar-refractivity contribution >= 4 is 51.5 Å². The van der Waals surface area contributed by atoms with Crippen molar-refractivity contribution in [3.8, 4) is 11.5 Å². The molecule has 1 heterocycles. The standard InChI is InChI=1S/C26H32ClN5O5S2/c1-7-31(16-18-15-28-14-17(2)29-18)25(33)26(38)32(22-12-19(30(3)4)8-10-21(22)27)39(34,35)20-9-11-23(36-5)24(13-20)37-6/h8-15,26,38H,7,16H2,1-6H3. The predicted octanol–water partition coefficient (Wildman–Crippen LogP) is 4.02. The van der Waals surface area contributed by atoms with Crippen molar-refractivity contribution in [3.05, 3.63) is 65.2 Å². The van der Waals surface area contributed by atoms with Gasteiger partial charge in [0.25, 0.3) is 15.9 Å². The minimum atomic E-state index is -4.40. The van der Waals surface area contributed by atoms with Gasteiger partial charge in [-0.2, -0.15) is 0 Å². The van der Waals surface area contributed by atoms with Crippen molar-refractivity contribution in [2.24, 2.45) is 0 Å². The summed E-state index contributed by atoms with van der Waals surface area (Å²) in [6.07, 6.45) is 3.17. The SMILES string of the molecule is CCN(Cc1cncc(C)n1)C(=O)C(S)N(c1cc(N(C)C)ccc1Cl)S(=O)(=O)c1ccc(OC)c(OC)c1. The van der Waals surface area contributed by atoms with Gasteiger partial charge in [-0.1, -0.05) is 11.6 Å². The summed E-state index contributed by atoms with van der Waals surface area (Å²) in [4.78, 5) is 25.5. The number of methoxy groups -OCH3 is 2. The quantitative estimate of drug-likeness (QED) is 0.263. The Bertz CT molecular complexity index is 1440. The maximum absolute atomic E-state index is 14.2. The molecule has 1 aromatic heterocycles. The van der Waals surface area contributed by atoms with Crippen LogP contribution in [0.1, 0.15) is 18.3 Å². The fourth-order valence-electron chi connectivity index (χ4n) is 3.83. The third-order valence-electron chi connectivity index (χ3n) is 5.89. The molecule has 0 N–H and O–H groups in total. The summed E-state index contributed by atoms with van der Waals surface area (Å²) < 4.78 is 39.9. The van der Waals surface area contributed by atoms with Crippen molar-refractivity contribution < 1.29 is 22.7 Å². The van der Waals surface area contributed by atoms with Gasteiger partial charge in [0.05, 0.1) is 54.0 Å². The Hall–Kier alpha value is -3.22. The summed E-state index contributed by atoms with van der Waals surface area (Å²) in [5.74, 6) is 0.00647. The summed E-state index contributed by atoms with van der Waals surface area (Å²) in [7, 11) is 2.08. The van der Waals surface area contributed by atoms with Crippen LogP contribution < -0.4 is 18.7 Å². The largest absolute Gasteiger partial charge is 0.493 e. The Morgan fingerprint density at radius 1 is 1.08 bits per heavy atom. The lowest BCUT2D eigenvalue weighted by Crippen LogP contribution is -2.48. The highest BCUT2D eigenvalue weighted by atomic mass is 35.5. The number of nitrogens with zero attached hydrogens (tertiary/aromatic N) is 5. The number of anilines is 2. The first-order valence-electron chi connectivity index (χ1n) is 11.9. The van der Waals surface area contributed by atoms with Crippen LogP contribution in [-0.4, -0.2) is 69.4 Å². The Morgan fingerprint density at radius 2 is 1.77 bits per heavy atom. The monoisotopic (exact) mass is 593 g/mol. The minimum Gasteiger partial charge on any atom is -0.493 e. The molecule has 10 nitrogen and oxygen atoms in total. The maximum Gasteiger partial charge on any atom is 0.265 e. The van der Waals surface area contributed by atoms with Gasteiger partial charge in [-0.15, -0.1) is 12.6 Å². The summed E-state index contributed by atoms with van der Waals surface area (Å²) in [5.41, 5.74) is 2.03. The topological polar surface area (TPSA) is 105 Å². The fraction of sp³-hybridized carbons (Fsp3) is 0.346. The lowest BCUT2D eigenvalue weighted by atomic mass is 10.2. The van der Waals surface area contributed by atoms with Gasteiger partial charge in [0, 0.05) is 38.6 Å². The number of benzene rings is 2. The number of hydrogen-bond donors (Lipinski definition) is 1. The van der Waals surface area contributed by atoms with E-state index < -0.39 is 21.3 Å². The molecule has 1 amide bonds. The summed E-state index contributed by atoms with van der Waals surface area (Å²) in [6, 6.07) is 9.10. The third kappa shape index (κ3) is 6.68. The van der Waals surface area contributed by atoms with Crippen molar-refractivity contribution in [2.75, 3.05) is 44.1 Å². The van der Waals surface area contributed by atoms with Gasteiger partial charge in [-0.25, -0.2) is 12.7 Å². The van der Waals surface area contributed by atoms with Crippen LogP contribution in [0.3, 0.4) is 0 Å². The number of carbonyl (C=O) groups is 1. The number of aromatic nitrogens is 2. The highest BCUT2D eigenvalue weighted by Crippen LogP contribution is 2.38. The average Bonchev–Trinajstić information content (AvgIpc) is 2.91. The van der Waals surface area contributed by atoms with Crippen LogP contribution in [0.5, 0.6) is 11.5 Å². The first-order valence-corrected chi connectivity index (χ1v) is 14.3. The van der Waals surface area contributed by atoms with Crippen LogP contribution in [0, 0.1) is 6.92 Å². The van der Waals surface area contributed by atoms with E-state index in [0.29, 0.717) is 22.8 Å². The van der Waals surface area contributed by atoms with Crippen LogP contribution in [0.25, 0.3) is 0 Å². The molecule has 0 spiro atoms. The molecular formula is C26H32ClN5O5S2. The number of amides is 1. The van der Waals surface area contributed by atoms with Crippen molar-refractivity contribution in [3.63, 3.8) is 0 Å². The molecule has 0 aliphatic rings. The van der Waals surface area contributed by atoms with E-state index in [2.05, 4.69) is 22.6 Å². The van der Waals surface area contributed by atoms with E-state index in [1.165, 1.54) is 37.3 Å². The first kappa shape index (κ1) is 30.3. The van der Waals surface area contributed by atoms with Crippen molar-refractivity contribution in [1.82, 2.24) is 14.9 Å². The minimum absolute atomic E-state index is 0.0948. The van der Waals surface area contributed by atoms with E-state index >= 15 is 0 Å². The highest BCUT2D eigenvalue weighted by molar-refractivity contribution is 7.94. The Balaban J connectivity index is 2.16. The molecule has 0 radical (unpaired) electrons. The molecule has 0 aliphatic heterocycles. The number of hydrogen-bond acceptors (Lipinski definition) is 9. The number of aryl methyl sites for hydroxylation is 1. The molecule has 0 saturated heterocycles. The molecule has 2 aromatic carbocycles. The Kier molecular flexibility index (Phi) is 9.92. The normalized spacial score (nSPS) is 12.0. The molecule has 0 fully saturated rings. The second-order valence-electron chi connectivity index (χ2n) is 8.73. The predicted molar refractivity (Wildman–Crippen MR) is 156 cm³/mol. The zero-order chi connectivity index (χ0) is 28.9. The molecule has 210 valence electrons. The van der Waals surface area contributed by atoms with Crippen molar-refractivity contribution in [1.29, 1.82) is 0 Å². The van der Waals surface area contributed by atoms with E-state index in [-0.39, 0.29) is 34.4 Å². The zero-order valence-electron chi connectivity index (χ0n) is 22.6. The third-order valence-corrected chi connectivity index (χ3v) is 8.59. The summed E-state index contributed by atoms with van der Waals surface area (Å²) in [6.45, 7) is 3.99. The highest BCUT2D eigenvalue weighted by Gasteiger charge is 2.38. The molecule has 1 unspecified atom stereocenters. The lowest BCUT2D eigenvalue weighted by molar-refractivity contribution is -0.130. The molecule has 39 heavy (non-hydrogen) atoms. The smallest absolute Gasteiger partial charge is 0.265 e. The van der Waals surface area contributed by atoms with Crippen LogP contribution in [0.4, 0.5) is 11.4 Å². The first-order chi connectivity index (χ1) is 18.4. The second-order valence-corrected chi connectivity index (χ2v) is 11.4. The number of sulfonamides is 1. The van der Waals surface area contributed by atoms with Gasteiger partial charge in [0.1, 0.15) is 0 Å². The van der Waals surface area contributed by atoms with Gasteiger partial charge < -0.3 is 19.3 Å². The van der Waals surface area contributed by atoms with Crippen LogP contribution in [0.2, 0.25) is 5.02 Å². The number of rotatable bonds is 11. The molecule has 1 atom stereocenters. The van der Waals surface area contributed by atoms with Gasteiger partial charge in [-0.05, 0) is 44.2 Å². The number of carbonyl (C=O) groups excluding carboxylic acids is 1. The van der Waals surface area contributed by atoms with Gasteiger partial charge >= 0.3 is 0 Å². The second kappa shape index (κ2) is 12.8. The summed E-state index contributed by atoms with van der Waals surface area (Å²) in [5, 5.41) is -1.33. The Morgan fingerprint density at radius 3 is 2.36 bits per heavy atom. The van der Waals surface area contributed by atoms with Crippen molar-refractivity contribution in [2.45, 2.75) is 30.7 Å². The molecule has 0 saturated carbocycles. The van der Waals surface area contributed by atoms with Crippen LogP contribution >= 0.6 is 24.2 Å². The van der Waals surface area contributed by atoms with E-state index in [0.717, 1.165) is 4.31 Å². The number of thiol groups is 1. The molecular weight excluding hydrogens is 562 g/mol. The van der Waals surface area contributed by atoms with Crippen LogP contribution in [-0.2, 0) is 21.4 Å². The molecule has 0 aliphatic carbocycles. The lowest BCUT2D eigenvalue weighted by Gasteiger charge is -2.33. The van der Waals surface area contributed by atoms with Gasteiger partial charge in [-0.3, -0.25) is 14.8 Å². The number of ether oxygens (including phenoxy) is 2. The number of halogens is 1. The maximum atomic E-state index is 14.2. The molecule has 3 rings (SSSR count). The molecule has 3 aromatic rings.